The zero-order valence-corrected chi connectivity index (χ0v) is 11.0. The first kappa shape index (κ1) is 13.7. The molecule has 0 aliphatic rings. The van der Waals surface area contributed by atoms with Gasteiger partial charge in [0.15, 0.2) is 5.78 Å². The summed E-state index contributed by atoms with van der Waals surface area (Å²) in [7, 11) is 0. The summed E-state index contributed by atoms with van der Waals surface area (Å²) in [5.41, 5.74) is 0.475. The Labute approximate surface area is 114 Å². The van der Waals surface area contributed by atoms with Gasteiger partial charge in [-0.1, -0.05) is 0 Å². The van der Waals surface area contributed by atoms with E-state index in [4.69, 9.17) is 0 Å². The van der Waals surface area contributed by atoms with Crippen molar-refractivity contribution in [1.82, 2.24) is 15.2 Å². The molecule has 0 saturated heterocycles. The lowest BCUT2D eigenvalue weighted by Crippen LogP contribution is -2.10. The predicted octanol–water partition coefficient (Wildman–Crippen LogP) is 2.09. The fourth-order valence-corrected chi connectivity index (χ4v) is 1.75. The van der Waals surface area contributed by atoms with Gasteiger partial charge < -0.3 is 5.32 Å². The molecule has 2 rings (SSSR count). The van der Waals surface area contributed by atoms with E-state index < -0.39 is 4.92 Å². The molecule has 0 amide bonds. The highest BCUT2D eigenvalue weighted by Gasteiger charge is 2.18. The highest BCUT2D eigenvalue weighted by Crippen LogP contribution is 2.28. The number of aromatic amines is 1. The number of aromatic nitrogens is 3. The molecule has 0 bridgehead atoms. The number of nitro groups is 1. The van der Waals surface area contributed by atoms with Crippen LogP contribution < -0.4 is 5.32 Å². The molecule has 0 aliphatic carbocycles. The van der Waals surface area contributed by atoms with Gasteiger partial charge in [-0.2, -0.15) is 5.10 Å². The summed E-state index contributed by atoms with van der Waals surface area (Å²) >= 11 is 0. The first-order valence-electron chi connectivity index (χ1n) is 5.90. The summed E-state index contributed by atoms with van der Waals surface area (Å²) in [6, 6.07) is 4.05. The lowest BCUT2D eigenvalue weighted by Gasteiger charge is -2.13. The van der Waals surface area contributed by atoms with Crippen molar-refractivity contribution in [2.24, 2.45) is 0 Å². The molecule has 1 heterocycles. The van der Waals surface area contributed by atoms with E-state index >= 15 is 0 Å². The molecule has 1 aromatic carbocycles. The maximum atomic E-state index is 11.3. The number of anilines is 1. The van der Waals surface area contributed by atoms with Crippen LogP contribution in [-0.4, -0.2) is 25.9 Å². The van der Waals surface area contributed by atoms with Gasteiger partial charge in [0.2, 0.25) is 0 Å². The summed E-state index contributed by atoms with van der Waals surface area (Å²) in [6.45, 7) is 3.16. The maximum absolute atomic E-state index is 11.3. The van der Waals surface area contributed by atoms with Crippen molar-refractivity contribution in [2.45, 2.75) is 19.9 Å². The fourth-order valence-electron chi connectivity index (χ4n) is 1.75. The molecule has 0 fully saturated rings. The summed E-state index contributed by atoms with van der Waals surface area (Å²) in [6.07, 6.45) is 1.36. The zero-order valence-electron chi connectivity index (χ0n) is 11.0. The molecule has 20 heavy (non-hydrogen) atoms. The van der Waals surface area contributed by atoms with E-state index in [1.54, 1.807) is 13.0 Å². The number of benzene rings is 1. The Bertz CT molecular complexity index is 639. The molecule has 1 aromatic heterocycles. The number of nitrogens with one attached hydrogen (secondary N) is 2. The first-order valence-corrected chi connectivity index (χ1v) is 5.90. The summed E-state index contributed by atoms with van der Waals surface area (Å²) in [5, 5.41) is 20.5. The van der Waals surface area contributed by atoms with Gasteiger partial charge in [0, 0.05) is 11.6 Å². The SMILES string of the molecule is CC(=O)c1ccc(NC(C)c2ncn[nH]2)c([N+](=O)[O-])c1. The lowest BCUT2D eigenvalue weighted by atomic mass is 10.1. The number of carbonyl (C=O) groups excluding carboxylic acids is 1. The van der Waals surface area contributed by atoms with Gasteiger partial charge in [0.1, 0.15) is 17.8 Å². The Morgan fingerprint density at radius 3 is 2.80 bits per heavy atom. The molecule has 8 nitrogen and oxygen atoms in total. The molecule has 104 valence electrons. The largest absolute Gasteiger partial charge is 0.370 e. The molecule has 2 N–H and O–H groups in total. The summed E-state index contributed by atoms with van der Waals surface area (Å²) < 4.78 is 0. The molecule has 1 atom stereocenters. The number of H-pyrrole nitrogens is 1. The van der Waals surface area contributed by atoms with Crippen LogP contribution in [0.5, 0.6) is 0 Å². The van der Waals surface area contributed by atoms with Crippen molar-refractivity contribution in [1.29, 1.82) is 0 Å². The van der Waals surface area contributed by atoms with Crippen LogP contribution in [-0.2, 0) is 0 Å². The number of rotatable bonds is 5. The van der Waals surface area contributed by atoms with E-state index in [0.29, 0.717) is 17.1 Å². The maximum Gasteiger partial charge on any atom is 0.293 e. The molecular formula is C12H13N5O3. The third-order valence-corrected chi connectivity index (χ3v) is 2.82. The number of nitrogens with zero attached hydrogens (tertiary/aromatic N) is 3. The smallest absolute Gasteiger partial charge is 0.293 e. The van der Waals surface area contributed by atoms with Crippen LogP contribution in [0.3, 0.4) is 0 Å². The number of carbonyl (C=O) groups is 1. The molecule has 0 saturated carbocycles. The number of ketones is 1. The van der Waals surface area contributed by atoms with Crippen LogP contribution in [0, 0.1) is 10.1 Å². The van der Waals surface area contributed by atoms with Crippen molar-refractivity contribution in [3.05, 3.63) is 46.0 Å². The van der Waals surface area contributed by atoms with Crippen LogP contribution in [0.4, 0.5) is 11.4 Å². The van der Waals surface area contributed by atoms with Gasteiger partial charge in [-0.3, -0.25) is 20.0 Å². The zero-order chi connectivity index (χ0) is 14.7. The molecule has 0 radical (unpaired) electrons. The lowest BCUT2D eigenvalue weighted by molar-refractivity contribution is -0.384. The van der Waals surface area contributed by atoms with E-state index in [1.807, 2.05) is 0 Å². The third-order valence-electron chi connectivity index (χ3n) is 2.82. The third kappa shape index (κ3) is 2.79. The van der Waals surface area contributed by atoms with E-state index in [0.717, 1.165) is 0 Å². The van der Waals surface area contributed by atoms with E-state index in [1.165, 1.54) is 25.4 Å². The highest BCUT2D eigenvalue weighted by atomic mass is 16.6. The van der Waals surface area contributed by atoms with Crippen molar-refractivity contribution in [3.63, 3.8) is 0 Å². The standard InChI is InChI=1S/C12H13N5O3/c1-7(12-13-6-14-16-12)15-10-4-3-9(8(2)18)5-11(10)17(19)20/h3-7,15H,1-2H3,(H,13,14,16). The topological polar surface area (TPSA) is 114 Å². The fraction of sp³-hybridized carbons (Fsp3) is 0.250. The van der Waals surface area contributed by atoms with Crippen molar-refractivity contribution in [3.8, 4) is 0 Å². The number of nitro benzene ring substituents is 1. The summed E-state index contributed by atoms with van der Waals surface area (Å²) in [4.78, 5) is 25.8. The quantitative estimate of drug-likeness (QED) is 0.490. The second-order valence-corrected chi connectivity index (χ2v) is 4.28. The minimum absolute atomic E-state index is 0.149. The normalized spacial score (nSPS) is 11.9. The second-order valence-electron chi connectivity index (χ2n) is 4.28. The van der Waals surface area contributed by atoms with E-state index in [2.05, 4.69) is 20.5 Å². The van der Waals surface area contributed by atoms with Gasteiger partial charge in [0.05, 0.1) is 11.0 Å². The Morgan fingerprint density at radius 2 is 2.25 bits per heavy atom. The average molecular weight is 275 g/mol. The van der Waals surface area contributed by atoms with Gasteiger partial charge in [0.25, 0.3) is 5.69 Å². The van der Waals surface area contributed by atoms with Crippen molar-refractivity contribution < 1.29 is 9.72 Å². The summed E-state index contributed by atoms with van der Waals surface area (Å²) in [5.74, 6) is 0.345. The van der Waals surface area contributed by atoms with Crippen LogP contribution >= 0.6 is 0 Å². The number of Topliss-reactive ketones (excluding diaryl/α,β-unsaturated/α-hetero) is 1. The molecule has 1 unspecified atom stereocenters. The van der Waals surface area contributed by atoms with Crippen LogP contribution in [0.15, 0.2) is 24.5 Å². The van der Waals surface area contributed by atoms with Gasteiger partial charge in [-0.15, -0.1) is 0 Å². The predicted molar refractivity (Wildman–Crippen MR) is 71.5 cm³/mol. The van der Waals surface area contributed by atoms with Crippen molar-refractivity contribution >= 4 is 17.2 Å². The molecule has 2 aromatic rings. The Kier molecular flexibility index (Phi) is 3.74. The monoisotopic (exact) mass is 275 g/mol. The number of hydrogen-bond acceptors (Lipinski definition) is 6. The Hall–Kier alpha value is -2.77. The Morgan fingerprint density at radius 1 is 1.50 bits per heavy atom. The second kappa shape index (κ2) is 5.47. The van der Waals surface area contributed by atoms with Gasteiger partial charge in [-0.05, 0) is 26.0 Å². The average Bonchev–Trinajstić information content (AvgIpc) is 2.92. The van der Waals surface area contributed by atoms with Crippen molar-refractivity contribution in [2.75, 3.05) is 5.32 Å². The number of hydrogen-bond donors (Lipinski definition) is 2. The van der Waals surface area contributed by atoms with E-state index in [9.17, 15) is 14.9 Å². The van der Waals surface area contributed by atoms with Crippen LogP contribution in [0.1, 0.15) is 36.1 Å². The molecular weight excluding hydrogens is 262 g/mol. The Balaban J connectivity index is 2.31. The van der Waals surface area contributed by atoms with Crippen LogP contribution in [0.25, 0.3) is 0 Å². The molecule has 0 aliphatic heterocycles. The van der Waals surface area contributed by atoms with Crippen LogP contribution in [0.2, 0.25) is 0 Å². The highest BCUT2D eigenvalue weighted by molar-refractivity contribution is 5.95. The van der Waals surface area contributed by atoms with E-state index in [-0.39, 0.29) is 17.5 Å². The minimum Gasteiger partial charge on any atom is -0.370 e. The minimum atomic E-state index is -0.526. The molecule has 8 heteroatoms. The first-order chi connectivity index (χ1) is 9.49. The van der Waals surface area contributed by atoms with Gasteiger partial charge >= 0.3 is 0 Å². The molecule has 0 spiro atoms. The van der Waals surface area contributed by atoms with Gasteiger partial charge in [-0.25, -0.2) is 4.98 Å².